The van der Waals surface area contributed by atoms with Gasteiger partial charge in [0.25, 0.3) is 0 Å². The van der Waals surface area contributed by atoms with Crippen LogP contribution in [-0.2, 0) is 0 Å². The summed E-state index contributed by atoms with van der Waals surface area (Å²) in [5.74, 6) is -0.726. The molecule has 0 atom stereocenters. The lowest BCUT2D eigenvalue weighted by Crippen LogP contribution is -2.02. The SMILES string of the molecule is Cc1cc(=O)oc2c1ccc1oc(C(=O)c3ccc(F)cc3)c(-c3ccc(Br)cc3)c12. The van der Waals surface area contributed by atoms with Crippen LogP contribution >= 0.6 is 15.9 Å². The molecule has 0 aliphatic heterocycles. The van der Waals surface area contributed by atoms with E-state index in [9.17, 15) is 14.0 Å². The summed E-state index contributed by atoms with van der Waals surface area (Å²) in [6, 6.07) is 17.7. The molecule has 0 aliphatic carbocycles. The molecular weight excluding hydrogens is 463 g/mol. The predicted molar refractivity (Wildman–Crippen MR) is 120 cm³/mol. The highest BCUT2D eigenvalue weighted by Crippen LogP contribution is 2.40. The summed E-state index contributed by atoms with van der Waals surface area (Å²) < 4.78 is 25.8. The maximum atomic E-state index is 13.4. The number of benzene rings is 3. The molecule has 0 radical (unpaired) electrons. The van der Waals surface area contributed by atoms with Gasteiger partial charge in [-0.15, -0.1) is 0 Å². The van der Waals surface area contributed by atoms with E-state index < -0.39 is 17.2 Å². The van der Waals surface area contributed by atoms with Crippen molar-refractivity contribution >= 4 is 43.7 Å². The van der Waals surface area contributed by atoms with E-state index in [-0.39, 0.29) is 5.76 Å². The number of carbonyl (C=O) groups is 1. The molecule has 5 aromatic rings. The highest BCUT2D eigenvalue weighted by molar-refractivity contribution is 9.10. The van der Waals surface area contributed by atoms with Crippen molar-refractivity contribution in [3.63, 3.8) is 0 Å². The number of hydrogen-bond acceptors (Lipinski definition) is 4. The van der Waals surface area contributed by atoms with Gasteiger partial charge in [-0.05, 0) is 66.6 Å². The first-order valence-electron chi connectivity index (χ1n) is 9.48. The number of carbonyl (C=O) groups excluding carboxylic acids is 1. The molecule has 0 aliphatic rings. The van der Waals surface area contributed by atoms with Crippen molar-refractivity contribution in [1.82, 2.24) is 0 Å². The average molecular weight is 477 g/mol. The Morgan fingerprint density at radius 2 is 1.65 bits per heavy atom. The van der Waals surface area contributed by atoms with Gasteiger partial charge in [0.05, 0.1) is 5.39 Å². The van der Waals surface area contributed by atoms with Gasteiger partial charge >= 0.3 is 5.63 Å². The van der Waals surface area contributed by atoms with Gasteiger partial charge in [0.15, 0.2) is 5.76 Å². The van der Waals surface area contributed by atoms with Crippen molar-refractivity contribution in [2.75, 3.05) is 0 Å². The van der Waals surface area contributed by atoms with Crippen molar-refractivity contribution in [3.05, 3.63) is 104 Å². The maximum absolute atomic E-state index is 13.4. The second-order valence-electron chi connectivity index (χ2n) is 7.21. The van der Waals surface area contributed by atoms with Crippen LogP contribution in [0.4, 0.5) is 4.39 Å². The summed E-state index contributed by atoms with van der Waals surface area (Å²) in [7, 11) is 0. The smallest absolute Gasteiger partial charge is 0.336 e. The summed E-state index contributed by atoms with van der Waals surface area (Å²) in [5.41, 5.74) is 2.61. The van der Waals surface area contributed by atoms with Gasteiger partial charge < -0.3 is 8.83 Å². The average Bonchev–Trinajstić information content (AvgIpc) is 3.14. The van der Waals surface area contributed by atoms with Gasteiger partial charge in [0.1, 0.15) is 17.0 Å². The third kappa shape index (κ3) is 3.29. The number of fused-ring (bicyclic) bond motifs is 3. The standard InChI is InChI=1S/C25H14BrFO4/c1-13-12-20(28)31-24-18(13)10-11-19-22(24)21(14-2-6-16(26)7-3-14)25(30-19)23(29)15-4-8-17(27)9-5-15/h2-12H,1H3. The van der Waals surface area contributed by atoms with Crippen LogP contribution in [-0.4, -0.2) is 5.78 Å². The van der Waals surface area contributed by atoms with Crippen LogP contribution < -0.4 is 5.63 Å². The Morgan fingerprint density at radius 1 is 0.935 bits per heavy atom. The van der Waals surface area contributed by atoms with Gasteiger partial charge in [-0.1, -0.05) is 28.1 Å². The van der Waals surface area contributed by atoms with E-state index in [1.54, 1.807) is 12.1 Å². The van der Waals surface area contributed by atoms with E-state index in [1.165, 1.54) is 30.3 Å². The molecule has 31 heavy (non-hydrogen) atoms. The Bertz CT molecular complexity index is 1530. The van der Waals surface area contributed by atoms with Crippen LogP contribution in [0.15, 0.2) is 84.8 Å². The molecule has 2 heterocycles. The van der Waals surface area contributed by atoms with Crippen LogP contribution in [0.2, 0.25) is 0 Å². The van der Waals surface area contributed by atoms with Gasteiger partial charge in [-0.25, -0.2) is 9.18 Å². The zero-order valence-electron chi connectivity index (χ0n) is 16.2. The lowest BCUT2D eigenvalue weighted by Gasteiger charge is -2.06. The summed E-state index contributed by atoms with van der Waals surface area (Å²) in [6.45, 7) is 1.83. The van der Waals surface area contributed by atoms with E-state index in [0.717, 1.165) is 21.0 Å². The molecule has 0 bridgehead atoms. The van der Waals surface area contributed by atoms with E-state index in [0.29, 0.717) is 27.7 Å². The summed E-state index contributed by atoms with van der Waals surface area (Å²) in [5, 5.41) is 1.30. The highest BCUT2D eigenvalue weighted by atomic mass is 79.9. The quantitative estimate of drug-likeness (QED) is 0.216. The molecule has 152 valence electrons. The summed E-state index contributed by atoms with van der Waals surface area (Å²) in [4.78, 5) is 25.5. The minimum Gasteiger partial charge on any atom is -0.452 e. The number of ketones is 1. The van der Waals surface area contributed by atoms with E-state index in [2.05, 4.69) is 15.9 Å². The molecule has 0 unspecified atom stereocenters. The predicted octanol–water partition coefficient (Wildman–Crippen LogP) is 6.65. The van der Waals surface area contributed by atoms with Crippen LogP contribution in [0.25, 0.3) is 33.1 Å². The number of aryl methyl sites for hydroxylation is 1. The van der Waals surface area contributed by atoms with Crippen molar-refractivity contribution in [3.8, 4) is 11.1 Å². The second-order valence-corrected chi connectivity index (χ2v) is 8.13. The minimum atomic E-state index is -0.480. The number of furan rings is 1. The summed E-state index contributed by atoms with van der Waals surface area (Å²) >= 11 is 3.42. The Labute approximate surface area is 184 Å². The van der Waals surface area contributed by atoms with Crippen LogP contribution in [0.3, 0.4) is 0 Å². The zero-order chi connectivity index (χ0) is 21.7. The first kappa shape index (κ1) is 19.5. The molecule has 0 fully saturated rings. The van der Waals surface area contributed by atoms with Gasteiger partial charge in [0, 0.05) is 27.1 Å². The fraction of sp³-hybridized carbons (Fsp3) is 0.0400. The first-order chi connectivity index (χ1) is 14.9. The lowest BCUT2D eigenvalue weighted by molar-refractivity contribution is 0.101. The Morgan fingerprint density at radius 3 is 2.35 bits per heavy atom. The molecule has 0 N–H and O–H groups in total. The molecule has 6 heteroatoms. The van der Waals surface area contributed by atoms with Crippen molar-refractivity contribution in [2.45, 2.75) is 6.92 Å². The zero-order valence-corrected chi connectivity index (χ0v) is 17.8. The minimum absolute atomic E-state index is 0.0978. The summed E-state index contributed by atoms with van der Waals surface area (Å²) in [6.07, 6.45) is 0. The molecular formula is C25H14BrFO4. The largest absolute Gasteiger partial charge is 0.452 e. The van der Waals surface area contributed by atoms with Gasteiger partial charge in [-0.3, -0.25) is 4.79 Å². The molecule has 3 aromatic carbocycles. The molecule has 0 spiro atoms. The third-order valence-corrected chi connectivity index (χ3v) is 5.74. The monoisotopic (exact) mass is 476 g/mol. The first-order valence-corrected chi connectivity index (χ1v) is 10.3. The van der Waals surface area contributed by atoms with E-state index in [1.807, 2.05) is 31.2 Å². The number of hydrogen-bond donors (Lipinski definition) is 0. The molecule has 5 rings (SSSR count). The van der Waals surface area contributed by atoms with Crippen LogP contribution in [0.5, 0.6) is 0 Å². The van der Waals surface area contributed by atoms with Crippen molar-refractivity contribution in [1.29, 1.82) is 0 Å². The molecule has 4 nitrogen and oxygen atoms in total. The van der Waals surface area contributed by atoms with Crippen molar-refractivity contribution < 1.29 is 18.0 Å². The van der Waals surface area contributed by atoms with E-state index in [4.69, 9.17) is 8.83 Å². The van der Waals surface area contributed by atoms with Crippen molar-refractivity contribution in [2.24, 2.45) is 0 Å². The Balaban J connectivity index is 1.89. The number of halogens is 2. The number of rotatable bonds is 3. The second kappa shape index (κ2) is 7.32. The van der Waals surface area contributed by atoms with Gasteiger partial charge in [0.2, 0.25) is 5.78 Å². The molecule has 0 saturated heterocycles. The normalized spacial score (nSPS) is 11.3. The highest BCUT2D eigenvalue weighted by Gasteiger charge is 2.26. The van der Waals surface area contributed by atoms with Crippen LogP contribution in [0, 0.1) is 12.7 Å². The maximum Gasteiger partial charge on any atom is 0.336 e. The fourth-order valence-corrected chi connectivity index (χ4v) is 4.01. The Kier molecular flexibility index (Phi) is 4.59. The van der Waals surface area contributed by atoms with E-state index >= 15 is 0 Å². The topological polar surface area (TPSA) is 60.4 Å². The fourth-order valence-electron chi connectivity index (χ4n) is 3.75. The molecule has 2 aromatic heterocycles. The molecule has 0 saturated carbocycles. The third-order valence-electron chi connectivity index (χ3n) is 5.22. The lowest BCUT2D eigenvalue weighted by atomic mass is 9.96. The Hall–Kier alpha value is -3.51. The van der Waals surface area contributed by atoms with Crippen LogP contribution in [0.1, 0.15) is 21.7 Å². The van der Waals surface area contributed by atoms with Gasteiger partial charge in [-0.2, -0.15) is 0 Å². The molecule has 0 amide bonds.